The van der Waals surface area contributed by atoms with Crippen LogP contribution in [0.1, 0.15) is 39.5 Å². The van der Waals surface area contributed by atoms with Crippen molar-refractivity contribution in [3.05, 3.63) is 42.5 Å². The largest absolute Gasteiger partial charge is 0.424 e. The molecule has 3 rings (SSSR count). The van der Waals surface area contributed by atoms with Gasteiger partial charge >= 0.3 is 5.97 Å². The van der Waals surface area contributed by atoms with E-state index in [-0.39, 0.29) is 16.4 Å². The number of benzene rings is 2. The van der Waals surface area contributed by atoms with Crippen LogP contribution in [0.4, 0.5) is 11.4 Å². The molecular formula is C25H34N2O5S2. The highest BCUT2D eigenvalue weighted by atomic mass is 32.2. The quantitative estimate of drug-likeness (QED) is 0.297. The molecule has 186 valence electrons. The molecule has 3 N–H and O–H groups in total. The zero-order chi connectivity index (χ0) is 24.9. The van der Waals surface area contributed by atoms with Gasteiger partial charge in [-0.3, -0.25) is 0 Å². The molecule has 2 aromatic carbocycles. The molecule has 7 nitrogen and oxygen atoms in total. The number of esters is 1. The van der Waals surface area contributed by atoms with E-state index in [1.54, 1.807) is 6.07 Å². The van der Waals surface area contributed by atoms with Crippen molar-refractivity contribution >= 4 is 38.9 Å². The SMILES string of the molecule is CCCCC1(CC)CN(c2ccccc2)c2cc(SC)c(OC(=O)[C@@H](N)CO)cc2S(=O)(=O)C1. The second-order valence-corrected chi connectivity index (χ2v) is 11.6. The summed E-state index contributed by atoms with van der Waals surface area (Å²) in [5.74, 6) is -0.654. The molecule has 0 saturated heterocycles. The normalized spacial score (nSPS) is 20.3. The van der Waals surface area contributed by atoms with Gasteiger partial charge in [-0.1, -0.05) is 44.9 Å². The second-order valence-electron chi connectivity index (χ2n) is 8.82. The number of unbranched alkanes of at least 4 members (excludes halogenated alkanes) is 1. The highest BCUT2D eigenvalue weighted by molar-refractivity contribution is 7.98. The molecule has 0 saturated carbocycles. The van der Waals surface area contributed by atoms with Crippen molar-refractivity contribution in [1.29, 1.82) is 0 Å². The molecule has 9 heteroatoms. The van der Waals surface area contributed by atoms with E-state index in [2.05, 4.69) is 18.7 Å². The number of nitrogens with two attached hydrogens (primary N) is 1. The van der Waals surface area contributed by atoms with Gasteiger partial charge in [0.2, 0.25) is 0 Å². The minimum absolute atomic E-state index is 0.0228. The van der Waals surface area contributed by atoms with Crippen LogP contribution in [-0.4, -0.2) is 50.7 Å². The van der Waals surface area contributed by atoms with Gasteiger partial charge in [-0.05, 0) is 37.3 Å². The Morgan fingerprint density at radius 1 is 1.26 bits per heavy atom. The first-order valence-electron chi connectivity index (χ1n) is 11.6. The van der Waals surface area contributed by atoms with Gasteiger partial charge in [0.15, 0.2) is 9.84 Å². The number of fused-ring (bicyclic) bond motifs is 1. The first kappa shape index (κ1) is 26.5. The monoisotopic (exact) mass is 506 g/mol. The van der Waals surface area contributed by atoms with Crippen molar-refractivity contribution in [3.8, 4) is 5.75 Å². The summed E-state index contributed by atoms with van der Waals surface area (Å²) in [7, 11) is -3.70. The molecule has 1 heterocycles. The fourth-order valence-electron chi connectivity index (χ4n) is 4.37. The summed E-state index contributed by atoms with van der Waals surface area (Å²) < 4.78 is 33.0. The highest BCUT2D eigenvalue weighted by Gasteiger charge is 2.42. The van der Waals surface area contributed by atoms with Crippen LogP contribution in [0.15, 0.2) is 52.3 Å². The predicted octanol–water partition coefficient (Wildman–Crippen LogP) is 4.15. The molecule has 2 aromatic rings. The fraction of sp³-hybridized carbons (Fsp3) is 0.480. The smallest absolute Gasteiger partial charge is 0.330 e. The number of rotatable bonds is 9. The van der Waals surface area contributed by atoms with Crippen molar-refractivity contribution in [2.24, 2.45) is 11.1 Å². The van der Waals surface area contributed by atoms with Gasteiger partial charge in [0.25, 0.3) is 0 Å². The van der Waals surface area contributed by atoms with E-state index in [1.165, 1.54) is 17.8 Å². The van der Waals surface area contributed by atoms with Crippen LogP contribution in [0.2, 0.25) is 0 Å². The average Bonchev–Trinajstić information content (AvgIpc) is 2.94. The minimum atomic E-state index is -3.70. The molecule has 1 unspecified atom stereocenters. The van der Waals surface area contributed by atoms with Gasteiger partial charge in [-0.15, -0.1) is 11.8 Å². The molecule has 1 aliphatic rings. The molecule has 1 aliphatic heterocycles. The van der Waals surface area contributed by atoms with Gasteiger partial charge in [-0.25, -0.2) is 13.2 Å². The summed E-state index contributed by atoms with van der Waals surface area (Å²) in [5.41, 5.74) is 6.68. The van der Waals surface area contributed by atoms with E-state index < -0.39 is 33.9 Å². The zero-order valence-corrected chi connectivity index (χ0v) is 21.6. The second kappa shape index (κ2) is 11.1. The predicted molar refractivity (Wildman–Crippen MR) is 137 cm³/mol. The van der Waals surface area contributed by atoms with Crippen LogP contribution in [-0.2, 0) is 14.6 Å². The van der Waals surface area contributed by atoms with Gasteiger partial charge in [-0.2, -0.15) is 0 Å². The number of anilines is 2. The van der Waals surface area contributed by atoms with Crippen LogP contribution < -0.4 is 15.4 Å². The first-order valence-corrected chi connectivity index (χ1v) is 14.4. The standard InChI is InChI=1S/C25H34N2O5S2/c1-4-6-12-25(5-2)16-27(18-10-8-7-9-11-18)20-13-22(33-3)21(32-24(29)19(26)15-28)14-23(20)34(30,31)17-25/h7-11,13-14,19,28H,4-6,12,15-17,26H2,1-3H3/t19-,25?/m0/s1. The van der Waals surface area contributed by atoms with Crippen LogP contribution in [0.5, 0.6) is 5.75 Å². The van der Waals surface area contributed by atoms with E-state index in [4.69, 9.17) is 10.5 Å². The molecule has 0 aromatic heterocycles. The number of hydrogen-bond acceptors (Lipinski definition) is 8. The van der Waals surface area contributed by atoms with Gasteiger partial charge in [0.05, 0.1) is 27.8 Å². The van der Waals surface area contributed by atoms with Crippen LogP contribution in [0.3, 0.4) is 0 Å². The number of aliphatic hydroxyl groups is 1. The van der Waals surface area contributed by atoms with Crippen molar-refractivity contribution in [1.82, 2.24) is 0 Å². The maximum atomic E-state index is 13.8. The fourth-order valence-corrected chi connectivity index (χ4v) is 7.07. The number of carbonyl (C=O) groups excluding carboxylic acids is 1. The van der Waals surface area contributed by atoms with Crippen molar-refractivity contribution in [3.63, 3.8) is 0 Å². The Kier molecular flexibility index (Phi) is 8.67. The highest BCUT2D eigenvalue weighted by Crippen LogP contribution is 2.47. The first-order chi connectivity index (χ1) is 16.2. The molecule has 0 bridgehead atoms. The Labute approximate surface area is 206 Å². The molecule has 0 spiro atoms. The number of hydrogen-bond donors (Lipinski definition) is 2. The zero-order valence-electron chi connectivity index (χ0n) is 20.0. The maximum absolute atomic E-state index is 13.8. The van der Waals surface area contributed by atoms with E-state index >= 15 is 0 Å². The summed E-state index contributed by atoms with van der Waals surface area (Å²) in [6, 6.07) is 11.8. The van der Waals surface area contributed by atoms with Crippen molar-refractivity contribution in [2.45, 2.75) is 55.4 Å². The van der Waals surface area contributed by atoms with Crippen molar-refractivity contribution in [2.75, 3.05) is 30.1 Å². The van der Waals surface area contributed by atoms with Crippen LogP contribution in [0.25, 0.3) is 0 Å². The van der Waals surface area contributed by atoms with Crippen LogP contribution >= 0.6 is 11.8 Å². The number of carbonyl (C=O) groups is 1. The molecule has 0 amide bonds. The molecule has 0 radical (unpaired) electrons. The summed E-state index contributed by atoms with van der Waals surface area (Å²) >= 11 is 1.35. The number of para-hydroxylation sites is 1. The third-order valence-electron chi connectivity index (χ3n) is 6.45. The lowest BCUT2D eigenvalue weighted by molar-refractivity contribution is -0.136. The molecule has 34 heavy (non-hydrogen) atoms. The molecule has 2 atom stereocenters. The third-order valence-corrected chi connectivity index (χ3v) is 9.20. The summed E-state index contributed by atoms with van der Waals surface area (Å²) in [5, 5.41) is 9.20. The topological polar surface area (TPSA) is 110 Å². The van der Waals surface area contributed by atoms with Crippen LogP contribution in [0, 0.1) is 5.41 Å². The Morgan fingerprint density at radius 2 is 1.97 bits per heavy atom. The maximum Gasteiger partial charge on any atom is 0.330 e. The number of nitrogens with zero attached hydrogens (tertiary/aromatic N) is 1. The number of ether oxygens (including phenoxy) is 1. The Bertz CT molecular complexity index is 1110. The van der Waals surface area contributed by atoms with Crippen molar-refractivity contribution < 1.29 is 23.1 Å². The molecule has 0 aliphatic carbocycles. The molecule has 0 fully saturated rings. The van der Waals surface area contributed by atoms with E-state index in [0.29, 0.717) is 17.1 Å². The minimum Gasteiger partial charge on any atom is -0.424 e. The van der Waals surface area contributed by atoms with Gasteiger partial charge < -0.3 is 20.5 Å². The number of aliphatic hydroxyl groups excluding tert-OH is 1. The van der Waals surface area contributed by atoms with E-state index in [0.717, 1.165) is 31.4 Å². The lowest BCUT2D eigenvalue weighted by Crippen LogP contribution is -2.37. The molecular weight excluding hydrogens is 472 g/mol. The van der Waals surface area contributed by atoms with E-state index in [1.807, 2.05) is 36.6 Å². The van der Waals surface area contributed by atoms with Gasteiger partial charge in [0.1, 0.15) is 11.8 Å². The summed E-state index contributed by atoms with van der Waals surface area (Å²) in [4.78, 5) is 15.1. The summed E-state index contributed by atoms with van der Waals surface area (Å²) in [6.07, 6.45) is 5.30. The van der Waals surface area contributed by atoms with E-state index in [9.17, 15) is 18.3 Å². The third kappa shape index (κ3) is 5.59. The Balaban J connectivity index is 2.23. The average molecular weight is 507 g/mol. The number of thioether (sulfide) groups is 1. The summed E-state index contributed by atoms with van der Waals surface area (Å²) in [6.45, 7) is 4.18. The Hall–Kier alpha value is -2.07. The Morgan fingerprint density at radius 3 is 2.56 bits per heavy atom. The lowest BCUT2D eigenvalue weighted by atomic mass is 9.81. The van der Waals surface area contributed by atoms with Gasteiger partial charge in [0, 0.05) is 23.7 Å². The lowest BCUT2D eigenvalue weighted by Gasteiger charge is -2.36. The number of sulfone groups is 1.